The second kappa shape index (κ2) is 8.19. The van der Waals surface area contributed by atoms with E-state index >= 15 is 0 Å². The maximum Gasteiger partial charge on any atom is 0.166 e. The molecule has 0 radical (unpaired) electrons. The van der Waals surface area contributed by atoms with E-state index in [4.69, 9.17) is 4.74 Å². The van der Waals surface area contributed by atoms with Crippen molar-refractivity contribution >= 4 is 6.21 Å². The first-order chi connectivity index (χ1) is 9.31. The zero-order chi connectivity index (χ0) is 13.5. The van der Waals surface area contributed by atoms with Crippen molar-refractivity contribution in [3.63, 3.8) is 0 Å². The van der Waals surface area contributed by atoms with Crippen molar-refractivity contribution in [2.45, 2.75) is 6.54 Å². The Morgan fingerprint density at radius 1 is 1.30 bits per heavy atom. The fourth-order valence-corrected chi connectivity index (χ4v) is 1.56. The van der Waals surface area contributed by atoms with Gasteiger partial charge in [-0.15, -0.1) is 0 Å². The molecule has 1 aromatic heterocycles. The van der Waals surface area contributed by atoms with Crippen LogP contribution in [0.3, 0.4) is 0 Å². The van der Waals surface area contributed by atoms with Crippen molar-refractivity contribution < 1.29 is 26.9 Å². The topological polar surface area (TPSA) is 66.7 Å². The molecule has 0 atom stereocenters. The zero-order valence-electron chi connectivity index (χ0n) is 10.9. The van der Waals surface area contributed by atoms with Crippen molar-refractivity contribution in [3.05, 3.63) is 53.9 Å². The van der Waals surface area contributed by atoms with Gasteiger partial charge in [-0.25, -0.2) is 0 Å². The van der Waals surface area contributed by atoms with Crippen LogP contribution in [0.1, 0.15) is 11.1 Å². The Bertz CT molecular complexity index is 562. The number of pyridine rings is 1. The molecule has 1 heterocycles. The van der Waals surface area contributed by atoms with Gasteiger partial charge in [0.2, 0.25) is 0 Å². The number of phenolic OH excluding ortho intramolecular Hbond substituents is 1. The maximum absolute atomic E-state index is 9.85. The van der Waals surface area contributed by atoms with E-state index < -0.39 is 0 Å². The van der Waals surface area contributed by atoms with Crippen molar-refractivity contribution in [3.8, 4) is 11.5 Å². The molecule has 106 valence electrons. The van der Waals surface area contributed by atoms with Gasteiger partial charge in [-0.1, -0.05) is 6.07 Å². The van der Waals surface area contributed by atoms with Crippen LogP contribution in [0.5, 0.6) is 11.5 Å². The van der Waals surface area contributed by atoms with E-state index in [1.807, 2.05) is 12.1 Å². The first-order valence-electron chi connectivity index (χ1n) is 5.82. The summed E-state index contributed by atoms with van der Waals surface area (Å²) in [4.78, 5) is 3.94. The van der Waals surface area contributed by atoms with Crippen molar-refractivity contribution in [1.29, 1.82) is 0 Å². The molecule has 0 saturated carbocycles. The Labute approximate surface area is 128 Å². The normalized spacial score (nSPS) is 10.1. The summed E-state index contributed by atoms with van der Waals surface area (Å²) >= 11 is 0. The summed E-state index contributed by atoms with van der Waals surface area (Å²) in [6.07, 6.45) is 5.02. The summed E-state index contributed by atoms with van der Waals surface area (Å²) in [5.74, 6) is 0.512. The molecule has 2 N–H and O–H groups in total. The van der Waals surface area contributed by atoms with Crippen LogP contribution in [-0.2, 0) is 23.6 Å². The molecule has 0 aliphatic carbocycles. The van der Waals surface area contributed by atoms with Gasteiger partial charge < -0.3 is 15.3 Å². The number of methoxy groups -OCH3 is 1. The summed E-state index contributed by atoms with van der Waals surface area (Å²) in [6.45, 7) is 0.601. The number of benzene rings is 1. The van der Waals surface area contributed by atoms with E-state index in [0.717, 1.165) is 5.56 Å². The Hall–Kier alpha value is -2.04. The molecule has 0 unspecified atom stereocenters. The van der Waals surface area contributed by atoms with Gasteiger partial charge in [-0.3, -0.25) is 4.98 Å². The Morgan fingerprint density at radius 3 is 2.75 bits per heavy atom. The van der Waals surface area contributed by atoms with Crippen LogP contribution in [0, 0.1) is 0 Å². The van der Waals surface area contributed by atoms with E-state index in [1.54, 1.807) is 36.8 Å². The summed E-state index contributed by atoms with van der Waals surface area (Å²) in [6, 6.07) is 9.06. The number of phenols is 1. The zero-order valence-corrected chi connectivity index (χ0v) is 12.0. The number of aromatic hydroxyl groups is 1. The SMILES string of the molecule is COc1cccc(C=NNCc2ccncc2)c1O.[Fe]. The predicted molar refractivity (Wildman–Crippen MR) is 73.3 cm³/mol. The van der Waals surface area contributed by atoms with Gasteiger partial charge in [0.25, 0.3) is 0 Å². The van der Waals surface area contributed by atoms with Crippen LogP contribution in [0.4, 0.5) is 0 Å². The smallest absolute Gasteiger partial charge is 0.166 e. The average Bonchev–Trinajstić information content (AvgIpc) is 2.46. The first-order valence-corrected chi connectivity index (χ1v) is 5.82. The van der Waals surface area contributed by atoms with Gasteiger partial charge in [-0.2, -0.15) is 5.10 Å². The van der Waals surface area contributed by atoms with E-state index in [9.17, 15) is 5.11 Å². The second-order valence-electron chi connectivity index (χ2n) is 3.85. The molecule has 2 aromatic rings. The minimum absolute atomic E-state index is 0. The van der Waals surface area contributed by atoms with Crippen LogP contribution in [0.25, 0.3) is 0 Å². The molecule has 0 fully saturated rings. The number of hydrazone groups is 1. The largest absolute Gasteiger partial charge is 0.504 e. The molecule has 0 bridgehead atoms. The number of nitrogens with one attached hydrogen (secondary N) is 1. The number of ether oxygens (including phenoxy) is 1. The van der Waals surface area contributed by atoms with Gasteiger partial charge in [-0.05, 0) is 29.8 Å². The molecule has 20 heavy (non-hydrogen) atoms. The Balaban J connectivity index is 0.00000200. The number of aromatic nitrogens is 1. The molecular formula is C14H15FeN3O2. The fraction of sp³-hybridized carbons (Fsp3) is 0.143. The van der Waals surface area contributed by atoms with E-state index in [2.05, 4.69) is 15.5 Å². The summed E-state index contributed by atoms with van der Waals surface area (Å²) in [5, 5.41) is 13.9. The number of para-hydroxylation sites is 1. The van der Waals surface area contributed by atoms with Crippen molar-refractivity contribution in [2.24, 2.45) is 5.10 Å². The fourth-order valence-electron chi connectivity index (χ4n) is 1.56. The average molecular weight is 313 g/mol. The number of nitrogens with zero attached hydrogens (tertiary/aromatic N) is 2. The monoisotopic (exact) mass is 313 g/mol. The van der Waals surface area contributed by atoms with Gasteiger partial charge in [0.15, 0.2) is 11.5 Å². The van der Waals surface area contributed by atoms with Crippen LogP contribution in [-0.4, -0.2) is 23.4 Å². The third-order valence-corrected chi connectivity index (χ3v) is 2.58. The number of hydrogen-bond donors (Lipinski definition) is 2. The van der Waals surface area contributed by atoms with Crippen LogP contribution in [0.15, 0.2) is 47.8 Å². The molecule has 0 aliphatic rings. The van der Waals surface area contributed by atoms with Gasteiger partial charge in [0.1, 0.15) is 0 Å². The minimum atomic E-state index is 0. The standard InChI is InChI=1S/C14H15N3O2.Fe/c1-19-13-4-2-3-12(14(13)18)10-17-16-9-11-5-7-15-8-6-11;/h2-8,10,16,18H,9H2,1H3;. The second-order valence-corrected chi connectivity index (χ2v) is 3.85. The van der Waals surface area contributed by atoms with Crippen molar-refractivity contribution in [1.82, 2.24) is 10.4 Å². The molecule has 6 heteroatoms. The van der Waals surface area contributed by atoms with Gasteiger partial charge in [0.05, 0.1) is 19.9 Å². The predicted octanol–water partition coefficient (Wildman–Crippen LogP) is 1.92. The number of rotatable bonds is 5. The summed E-state index contributed by atoms with van der Waals surface area (Å²) < 4.78 is 5.02. The van der Waals surface area contributed by atoms with Gasteiger partial charge >= 0.3 is 0 Å². The third-order valence-electron chi connectivity index (χ3n) is 2.58. The molecule has 0 saturated heterocycles. The first kappa shape index (κ1) is 16.0. The van der Waals surface area contributed by atoms with Crippen LogP contribution < -0.4 is 10.2 Å². The molecule has 5 nitrogen and oxygen atoms in total. The Morgan fingerprint density at radius 2 is 2.05 bits per heavy atom. The molecule has 1 aromatic carbocycles. The molecule has 0 aliphatic heterocycles. The summed E-state index contributed by atoms with van der Waals surface area (Å²) in [7, 11) is 1.51. The molecule has 0 amide bonds. The molecular weight excluding hydrogens is 298 g/mol. The quantitative estimate of drug-likeness (QED) is 0.503. The minimum Gasteiger partial charge on any atom is -0.504 e. The molecule has 2 rings (SSSR count). The Kier molecular flexibility index (Phi) is 6.56. The van der Waals surface area contributed by atoms with Crippen molar-refractivity contribution in [2.75, 3.05) is 7.11 Å². The van der Waals surface area contributed by atoms with Crippen LogP contribution >= 0.6 is 0 Å². The van der Waals surface area contributed by atoms with E-state index in [0.29, 0.717) is 17.9 Å². The molecule has 0 spiro atoms. The third kappa shape index (κ3) is 4.26. The van der Waals surface area contributed by atoms with E-state index in [-0.39, 0.29) is 22.8 Å². The van der Waals surface area contributed by atoms with E-state index in [1.165, 1.54) is 7.11 Å². The summed E-state index contributed by atoms with van der Waals surface area (Å²) in [5.41, 5.74) is 4.59. The number of hydrogen-bond acceptors (Lipinski definition) is 5. The maximum atomic E-state index is 9.85. The van der Waals surface area contributed by atoms with Crippen LogP contribution in [0.2, 0.25) is 0 Å². The van der Waals surface area contributed by atoms with Gasteiger partial charge in [0, 0.05) is 35.0 Å².